The lowest BCUT2D eigenvalue weighted by atomic mass is 10.1. The van der Waals surface area contributed by atoms with Gasteiger partial charge in [0.1, 0.15) is 0 Å². The van der Waals surface area contributed by atoms with Crippen molar-refractivity contribution in [2.45, 2.75) is 46.6 Å². The fourth-order valence-corrected chi connectivity index (χ4v) is 4.72. The standard InChI is InChI=1S/C26H37N5O3S/c1-6-29(7-2)24(33)20-18-19(27-23(32)22-10-8-17-35-22)11-12-21(20)30-13-9-14-31(16-15-30)25(34)28-26(3,4)5/h8,10-12,17-18H,6-7,9,13-16H2,1-5H3,(H,27,32)(H,28,34). The van der Waals surface area contributed by atoms with Crippen LogP contribution in [0.5, 0.6) is 0 Å². The minimum absolute atomic E-state index is 0.0644. The molecular formula is C26H37N5O3S. The summed E-state index contributed by atoms with van der Waals surface area (Å²) in [5, 5.41) is 7.82. The van der Waals surface area contributed by atoms with Crippen molar-refractivity contribution in [1.29, 1.82) is 0 Å². The molecule has 0 spiro atoms. The molecule has 1 fully saturated rings. The monoisotopic (exact) mass is 499 g/mol. The number of hydrogen-bond donors (Lipinski definition) is 2. The van der Waals surface area contributed by atoms with E-state index < -0.39 is 0 Å². The molecule has 0 saturated carbocycles. The molecule has 0 bridgehead atoms. The van der Waals surface area contributed by atoms with Crippen LogP contribution in [0.15, 0.2) is 35.7 Å². The van der Waals surface area contributed by atoms with Crippen molar-refractivity contribution in [3.8, 4) is 0 Å². The van der Waals surface area contributed by atoms with Crippen molar-refractivity contribution in [2.75, 3.05) is 49.5 Å². The number of hydrogen-bond acceptors (Lipinski definition) is 5. The first-order valence-corrected chi connectivity index (χ1v) is 13.1. The Balaban J connectivity index is 1.85. The van der Waals surface area contributed by atoms with E-state index in [1.165, 1.54) is 11.3 Å². The van der Waals surface area contributed by atoms with E-state index in [2.05, 4.69) is 15.5 Å². The Bertz CT molecular complexity index is 1030. The SMILES string of the molecule is CCN(CC)C(=O)c1cc(NC(=O)c2cccs2)ccc1N1CCCN(C(=O)NC(C)(C)C)CC1. The lowest BCUT2D eigenvalue weighted by molar-refractivity contribution is 0.0773. The Kier molecular flexibility index (Phi) is 8.77. The third-order valence-electron chi connectivity index (χ3n) is 5.89. The summed E-state index contributed by atoms with van der Waals surface area (Å²) >= 11 is 1.37. The van der Waals surface area contributed by atoms with Gasteiger partial charge in [0.05, 0.1) is 10.4 Å². The molecule has 2 N–H and O–H groups in total. The molecule has 3 rings (SSSR count). The quantitative estimate of drug-likeness (QED) is 0.613. The first kappa shape index (κ1) is 26.5. The highest BCUT2D eigenvalue weighted by atomic mass is 32.1. The summed E-state index contributed by atoms with van der Waals surface area (Å²) in [4.78, 5) is 45.2. The van der Waals surface area contributed by atoms with Crippen molar-refractivity contribution in [1.82, 2.24) is 15.1 Å². The van der Waals surface area contributed by atoms with Crippen molar-refractivity contribution in [3.05, 3.63) is 46.2 Å². The average Bonchev–Trinajstić information content (AvgIpc) is 3.24. The van der Waals surface area contributed by atoms with Gasteiger partial charge in [0, 0.05) is 56.2 Å². The van der Waals surface area contributed by atoms with E-state index in [0.29, 0.717) is 48.9 Å². The van der Waals surface area contributed by atoms with Gasteiger partial charge in [-0.15, -0.1) is 11.3 Å². The van der Waals surface area contributed by atoms with Gasteiger partial charge in [-0.3, -0.25) is 9.59 Å². The van der Waals surface area contributed by atoms with Gasteiger partial charge in [0.25, 0.3) is 11.8 Å². The van der Waals surface area contributed by atoms with Gasteiger partial charge in [-0.25, -0.2) is 4.79 Å². The van der Waals surface area contributed by atoms with E-state index in [1.807, 2.05) is 63.1 Å². The molecule has 8 nitrogen and oxygen atoms in total. The van der Waals surface area contributed by atoms with E-state index in [9.17, 15) is 14.4 Å². The Morgan fingerprint density at radius 1 is 1.03 bits per heavy atom. The molecule has 2 aromatic rings. The van der Waals surface area contributed by atoms with Gasteiger partial charge in [-0.2, -0.15) is 0 Å². The average molecular weight is 500 g/mol. The molecule has 0 aliphatic carbocycles. The number of anilines is 2. The summed E-state index contributed by atoms with van der Waals surface area (Å²) in [5.74, 6) is -0.256. The van der Waals surface area contributed by atoms with Gasteiger partial charge in [0.15, 0.2) is 0 Å². The van der Waals surface area contributed by atoms with Crippen LogP contribution in [0.2, 0.25) is 0 Å². The van der Waals surface area contributed by atoms with Gasteiger partial charge >= 0.3 is 6.03 Å². The predicted molar refractivity (Wildman–Crippen MR) is 143 cm³/mol. The summed E-state index contributed by atoms with van der Waals surface area (Å²) in [6.07, 6.45) is 0.799. The van der Waals surface area contributed by atoms with Gasteiger partial charge in [-0.05, 0) is 70.7 Å². The Labute approximate surface area is 212 Å². The second-order valence-electron chi connectivity index (χ2n) is 9.65. The molecule has 0 radical (unpaired) electrons. The van der Waals surface area contributed by atoms with Crippen LogP contribution in [0.25, 0.3) is 0 Å². The van der Waals surface area contributed by atoms with Gasteiger partial charge in [-0.1, -0.05) is 6.07 Å². The molecule has 2 heterocycles. The first-order chi connectivity index (χ1) is 16.6. The van der Waals surface area contributed by atoms with Crippen LogP contribution < -0.4 is 15.5 Å². The second-order valence-corrected chi connectivity index (χ2v) is 10.6. The molecule has 1 aliphatic heterocycles. The number of rotatable bonds is 6. The number of carbonyl (C=O) groups is 3. The van der Waals surface area contributed by atoms with E-state index in [-0.39, 0.29) is 23.4 Å². The summed E-state index contributed by atoms with van der Waals surface area (Å²) in [7, 11) is 0. The highest BCUT2D eigenvalue weighted by Crippen LogP contribution is 2.28. The van der Waals surface area contributed by atoms with E-state index in [1.54, 1.807) is 17.0 Å². The largest absolute Gasteiger partial charge is 0.369 e. The molecule has 0 atom stereocenters. The number of amides is 4. The first-order valence-electron chi connectivity index (χ1n) is 12.2. The number of urea groups is 1. The van der Waals surface area contributed by atoms with Crippen molar-refractivity contribution < 1.29 is 14.4 Å². The van der Waals surface area contributed by atoms with E-state index in [4.69, 9.17) is 0 Å². The minimum Gasteiger partial charge on any atom is -0.369 e. The van der Waals surface area contributed by atoms with Crippen LogP contribution in [0.1, 0.15) is 61.1 Å². The van der Waals surface area contributed by atoms with Crippen LogP contribution in [0.4, 0.5) is 16.2 Å². The van der Waals surface area contributed by atoms with Crippen LogP contribution in [-0.4, -0.2) is 72.5 Å². The van der Waals surface area contributed by atoms with Crippen molar-refractivity contribution in [3.63, 3.8) is 0 Å². The highest BCUT2D eigenvalue weighted by molar-refractivity contribution is 7.12. The van der Waals surface area contributed by atoms with Crippen LogP contribution in [-0.2, 0) is 0 Å². The maximum absolute atomic E-state index is 13.5. The number of nitrogens with zero attached hydrogens (tertiary/aromatic N) is 3. The van der Waals surface area contributed by atoms with Crippen LogP contribution in [0, 0.1) is 0 Å². The summed E-state index contributed by atoms with van der Waals surface area (Å²) in [6, 6.07) is 9.07. The lowest BCUT2D eigenvalue weighted by Gasteiger charge is -2.29. The smallest absolute Gasteiger partial charge is 0.317 e. The normalized spacial score (nSPS) is 14.3. The molecule has 35 heavy (non-hydrogen) atoms. The molecule has 1 aliphatic rings. The van der Waals surface area contributed by atoms with Crippen molar-refractivity contribution in [2.24, 2.45) is 0 Å². The summed E-state index contributed by atoms with van der Waals surface area (Å²) < 4.78 is 0. The lowest BCUT2D eigenvalue weighted by Crippen LogP contribution is -2.49. The number of nitrogens with one attached hydrogen (secondary N) is 2. The van der Waals surface area contributed by atoms with Crippen molar-refractivity contribution >= 4 is 40.6 Å². The Hall–Kier alpha value is -3.07. The number of carbonyl (C=O) groups excluding carboxylic acids is 3. The summed E-state index contributed by atoms with van der Waals surface area (Å²) in [6.45, 7) is 13.6. The van der Waals surface area contributed by atoms with Gasteiger partial charge < -0.3 is 25.3 Å². The second kappa shape index (κ2) is 11.6. The molecule has 4 amide bonds. The molecule has 0 unspecified atom stereocenters. The van der Waals surface area contributed by atoms with E-state index >= 15 is 0 Å². The highest BCUT2D eigenvalue weighted by Gasteiger charge is 2.26. The number of benzene rings is 1. The third kappa shape index (κ3) is 6.97. The maximum atomic E-state index is 13.5. The predicted octanol–water partition coefficient (Wildman–Crippen LogP) is 4.50. The number of thiophene rings is 1. The third-order valence-corrected chi connectivity index (χ3v) is 6.75. The minimum atomic E-state index is -0.296. The molecular weight excluding hydrogens is 462 g/mol. The topological polar surface area (TPSA) is 85.0 Å². The van der Waals surface area contributed by atoms with Crippen LogP contribution >= 0.6 is 11.3 Å². The van der Waals surface area contributed by atoms with Crippen LogP contribution in [0.3, 0.4) is 0 Å². The fourth-order valence-electron chi connectivity index (χ4n) is 4.10. The van der Waals surface area contributed by atoms with E-state index in [0.717, 1.165) is 18.7 Å². The molecule has 1 saturated heterocycles. The zero-order valence-electron chi connectivity index (χ0n) is 21.4. The summed E-state index contributed by atoms with van der Waals surface area (Å²) in [5.41, 5.74) is 1.68. The molecule has 1 aromatic carbocycles. The molecule has 190 valence electrons. The Morgan fingerprint density at radius 2 is 1.77 bits per heavy atom. The zero-order chi connectivity index (χ0) is 25.6. The maximum Gasteiger partial charge on any atom is 0.317 e. The van der Waals surface area contributed by atoms with Gasteiger partial charge in [0.2, 0.25) is 0 Å². The zero-order valence-corrected chi connectivity index (χ0v) is 22.2. The fraction of sp³-hybridized carbons (Fsp3) is 0.500. The molecule has 9 heteroatoms. The molecule has 1 aromatic heterocycles. The Morgan fingerprint density at radius 3 is 2.40 bits per heavy atom.